The van der Waals surface area contributed by atoms with Crippen LogP contribution in [0.1, 0.15) is 16.7 Å². The van der Waals surface area contributed by atoms with E-state index in [0.29, 0.717) is 36.3 Å². The fraction of sp³-hybridized carbons (Fsp3) is 0.381. The Morgan fingerprint density at radius 1 is 0.964 bits per heavy atom. The molecule has 6 nitrogen and oxygen atoms in total. The van der Waals surface area contributed by atoms with Crippen molar-refractivity contribution < 1.29 is 14.2 Å². The van der Waals surface area contributed by atoms with Crippen molar-refractivity contribution in [2.75, 3.05) is 34.6 Å². The van der Waals surface area contributed by atoms with Crippen molar-refractivity contribution in [2.45, 2.75) is 24.9 Å². The molecule has 2 rings (SSSR count). The molecule has 0 atom stereocenters. The van der Waals surface area contributed by atoms with Crippen LogP contribution in [-0.2, 0) is 13.1 Å². The van der Waals surface area contributed by atoms with Gasteiger partial charge in [0.2, 0.25) is 0 Å². The van der Waals surface area contributed by atoms with Gasteiger partial charge in [0.25, 0.3) is 0 Å². The van der Waals surface area contributed by atoms with Crippen LogP contribution in [0.2, 0.25) is 0 Å². The Kier molecular flexibility index (Phi) is 8.32. The van der Waals surface area contributed by atoms with Crippen LogP contribution in [0.3, 0.4) is 0 Å². The zero-order valence-electron chi connectivity index (χ0n) is 17.4. The highest BCUT2D eigenvalue weighted by atomic mass is 32.2. The molecule has 0 saturated carbocycles. The molecule has 7 heteroatoms. The molecule has 2 aromatic rings. The lowest BCUT2D eigenvalue weighted by molar-refractivity contribution is 0.368. The predicted molar refractivity (Wildman–Crippen MR) is 116 cm³/mol. The summed E-state index contributed by atoms with van der Waals surface area (Å²) in [7, 11) is 6.63. The predicted octanol–water partition coefficient (Wildman–Crippen LogP) is 3.61. The first-order valence-corrected chi connectivity index (χ1v) is 10.2. The molecule has 0 fully saturated rings. The van der Waals surface area contributed by atoms with Crippen molar-refractivity contribution in [1.82, 2.24) is 10.6 Å². The number of ether oxygens (including phenoxy) is 3. The molecule has 0 aliphatic carbocycles. The van der Waals surface area contributed by atoms with E-state index >= 15 is 0 Å². The number of benzene rings is 2. The minimum atomic E-state index is 0.499. The first-order valence-electron chi connectivity index (χ1n) is 8.93. The number of thioether (sulfide) groups is 1. The van der Waals surface area contributed by atoms with Crippen LogP contribution in [0.5, 0.6) is 17.2 Å². The molecule has 0 radical (unpaired) electrons. The van der Waals surface area contributed by atoms with E-state index < -0.39 is 0 Å². The molecule has 0 heterocycles. The van der Waals surface area contributed by atoms with Crippen molar-refractivity contribution in [3.8, 4) is 17.2 Å². The standard InChI is InChI=1S/C21H29N3O3S/c1-14-7-8-15(20(9-14)28-6)12-23-21(22-2)24-13-17-18(26-4)10-16(25-3)11-19(17)27-5/h7-11H,12-13H2,1-6H3,(H2,22,23,24). The van der Waals surface area contributed by atoms with Gasteiger partial charge in [-0.2, -0.15) is 0 Å². The molecular weight excluding hydrogens is 374 g/mol. The Balaban J connectivity index is 2.09. The minimum Gasteiger partial charge on any atom is -0.496 e. The summed E-state index contributed by atoms with van der Waals surface area (Å²) in [5.74, 6) is 2.78. The summed E-state index contributed by atoms with van der Waals surface area (Å²) in [5.41, 5.74) is 3.39. The molecule has 0 amide bonds. The minimum absolute atomic E-state index is 0.499. The van der Waals surface area contributed by atoms with Gasteiger partial charge in [-0.25, -0.2) is 0 Å². The molecule has 2 aromatic carbocycles. The topological polar surface area (TPSA) is 64.1 Å². The average molecular weight is 404 g/mol. The summed E-state index contributed by atoms with van der Waals surface area (Å²) in [6.45, 7) is 3.29. The van der Waals surface area contributed by atoms with Gasteiger partial charge in [0.1, 0.15) is 17.2 Å². The summed E-state index contributed by atoms with van der Waals surface area (Å²) in [6.07, 6.45) is 2.09. The molecular formula is C21H29N3O3S. The van der Waals surface area contributed by atoms with Crippen LogP contribution < -0.4 is 24.8 Å². The Morgan fingerprint density at radius 2 is 1.61 bits per heavy atom. The lowest BCUT2D eigenvalue weighted by Crippen LogP contribution is -2.36. The number of aliphatic imine (C=N–C) groups is 1. The summed E-state index contributed by atoms with van der Waals surface area (Å²) >= 11 is 1.75. The highest BCUT2D eigenvalue weighted by Gasteiger charge is 2.14. The number of guanidine groups is 1. The zero-order chi connectivity index (χ0) is 20.5. The van der Waals surface area contributed by atoms with Gasteiger partial charge in [-0.05, 0) is 30.4 Å². The smallest absolute Gasteiger partial charge is 0.191 e. The van der Waals surface area contributed by atoms with Crippen LogP contribution in [0, 0.1) is 6.92 Å². The Morgan fingerprint density at radius 3 is 2.14 bits per heavy atom. The van der Waals surface area contributed by atoms with E-state index in [1.165, 1.54) is 16.0 Å². The summed E-state index contributed by atoms with van der Waals surface area (Å²) in [4.78, 5) is 5.58. The van der Waals surface area contributed by atoms with Crippen molar-refractivity contribution in [2.24, 2.45) is 4.99 Å². The first kappa shape index (κ1) is 21.8. The Labute approximate surface area is 171 Å². The van der Waals surface area contributed by atoms with E-state index in [1.807, 2.05) is 12.1 Å². The fourth-order valence-corrected chi connectivity index (χ4v) is 3.53. The van der Waals surface area contributed by atoms with Crippen molar-refractivity contribution >= 4 is 17.7 Å². The van der Waals surface area contributed by atoms with Crippen molar-refractivity contribution in [3.63, 3.8) is 0 Å². The summed E-state index contributed by atoms with van der Waals surface area (Å²) in [6, 6.07) is 10.2. The van der Waals surface area contributed by atoms with Crippen molar-refractivity contribution in [3.05, 3.63) is 47.0 Å². The third-order valence-electron chi connectivity index (χ3n) is 4.36. The number of nitrogens with zero attached hydrogens (tertiary/aromatic N) is 1. The summed E-state index contributed by atoms with van der Waals surface area (Å²) in [5, 5.41) is 6.69. The van der Waals surface area contributed by atoms with Gasteiger partial charge in [-0.1, -0.05) is 12.1 Å². The molecule has 0 aromatic heterocycles. The number of rotatable bonds is 8. The average Bonchev–Trinajstić information content (AvgIpc) is 2.73. The molecule has 152 valence electrons. The number of hydrogen-bond acceptors (Lipinski definition) is 5. The van der Waals surface area contributed by atoms with Gasteiger partial charge >= 0.3 is 0 Å². The molecule has 0 unspecified atom stereocenters. The van der Waals surface area contributed by atoms with Crippen LogP contribution >= 0.6 is 11.8 Å². The van der Waals surface area contributed by atoms with Crippen molar-refractivity contribution in [1.29, 1.82) is 0 Å². The van der Waals surface area contributed by atoms with Gasteiger partial charge in [0.15, 0.2) is 5.96 Å². The second-order valence-corrected chi connectivity index (χ2v) is 6.95. The second-order valence-electron chi connectivity index (χ2n) is 6.11. The van der Waals surface area contributed by atoms with Crippen LogP contribution in [0.25, 0.3) is 0 Å². The van der Waals surface area contributed by atoms with Gasteiger partial charge < -0.3 is 24.8 Å². The van der Waals surface area contributed by atoms with Gasteiger partial charge in [-0.15, -0.1) is 11.8 Å². The van der Waals surface area contributed by atoms with E-state index in [0.717, 1.165) is 5.56 Å². The number of aryl methyl sites for hydroxylation is 1. The number of hydrogen-bond donors (Lipinski definition) is 2. The quantitative estimate of drug-likeness (QED) is 0.399. The van der Waals surface area contributed by atoms with Crippen LogP contribution in [0.15, 0.2) is 40.2 Å². The first-order chi connectivity index (χ1) is 13.6. The molecule has 2 N–H and O–H groups in total. The van der Waals surface area contributed by atoms with E-state index in [4.69, 9.17) is 14.2 Å². The molecule has 0 bridgehead atoms. The Bertz CT molecular complexity index is 800. The lowest BCUT2D eigenvalue weighted by atomic mass is 10.1. The monoisotopic (exact) mass is 403 g/mol. The fourth-order valence-electron chi connectivity index (χ4n) is 2.82. The maximum atomic E-state index is 5.50. The van der Waals surface area contributed by atoms with Gasteiger partial charge in [0.05, 0.1) is 33.4 Å². The number of methoxy groups -OCH3 is 3. The van der Waals surface area contributed by atoms with E-state index in [1.54, 1.807) is 40.1 Å². The third-order valence-corrected chi connectivity index (χ3v) is 5.18. The maximum absolute atomic E-state index is 5.50. The molecule has 0 spiro atoms. The Hall–Kier alpha value is -2.54. The highest BCUT2D eigenvalue weighted by molar-refractivity contribution is 7.98. The van der Waals surface area contributed by atoms with Crippen LogP contribution in [0.4, 0.5) is 0 Å². The maximum Gasteiger partial charge on any atom is 0.191 e. The second kappa shape index (κ2) is 10.7. The normalized spacial score (nSPS) is 11.1. The third kappa shape index (κ3) is 5.48. The van der Waals surface area contributed by atoms with E-state index in [-0.39, 0.29) is 0 Å². The van der Waals surface area contributed by atoms with E-state index in [2.05, 4.69) is 47.0 Å². The molecule has 0 aliphatic rings. The van der Waals surface area contributed by atoms with E-state index in [9.17, 15) is 0 Å². The molecule has 0 aliphatic heterocycles. The SMILES string of the molecule is CN=C(NCc1ccc(C)cc1SC)NCc1c(OC)cc(OC)cc1OC. The lowest BCUT2D eigenvalue weighted by Gasteiger charge is -2.18. The van der Waals surface area contributed by atoms with Gasteiger partial charge in [-0.3, -0.25) is 4.99 Å². The molecule has 0 saturated heterocycles. The number of nitrogens with one attached hydrogen (secondary N) is 2. The zero-order valence-corrected chi connectivity index (χ0v) is 18.2. The highest BCUT2D eigenvalue weighted by Crippen LogP contribution is 2.33. The molecule has 28 heavy (non-hydrogen) atoms. The van der Waals surface area contributed by atoms with Crippen LogP contribution in [-0.4, -0.2) is 40.6 Å². The largest absolute Gasteiger partial charge is 0.496 e. The van der Waals surface area contributed by atoms with Gasteiger partial charge in [0, 0.05) is 30.6 Å². The summed E-state index contributed by atoms with van der Waals surface area (Å²) < 4.78 is 16.3.